The van der Waals surface area contributed by atoms with E-state index in [0.717, 1.165) is 37.4 Å². The molecule has 4 saturated heterocycles. The molecule has 3 N–H and O–H groups in total. The van der Waals surface area contributed by atoms with Crippen LogP contribution in [0.3, 0.4) is 0 Å². The summed E-state index contributed by atoms with van der Waals surface area (Å²) in [6.07, 6.45) is 5.45. The first-order valence-corrected chi connectivity index (χ1v) is 12.7. The lowest BCUT2D eigenvalue weighted by atomic mass is 9.71. The van der Waals surface area contributed by atoms with Gasteiger partial charge in [-0.05, 0) is 61.3 Å². The van der Waals surface area contributed by atoms with Crippen LogP contribution in [0.4, 0.5) is 5.69 Å². The van der Waals surface area contributed by atoms with E-state index < -0.39 is 6.04 Å². The molecule has 9 nitrogen and oxygen atoms in total. The van der Waals surface area contributed by atoms with Crippen LogP contribution in [0.25, 0.3) is 0 Å². The minimum Gasteiger partial charge on any atom is -0.371 e. The second kappa shape index (κ2) is 8.32. The normalized spacial score (nSPS) is 28.3. The molecule has 0 aliphatic carbocycles. The zero-order valence-corrected chi connectivity index (χ0v) is 19.7. The van der Waals surface area contributed by atoms with Gasteiger partial charge < -0.3 is 9.80 Å². The number of nitrogens with two attached hydrogens (primary N) is 1. The number of hydrazine groups is 1. The SMILES string of the molecule is NN1CCC(N2CC3(CCN(c4ccc5c(c4)CN(C4CCC(=O)NC4=O)C5=O)CC3)C2)CC1. The summed E-state index contributed by atoms with van der Waals surface area (Å²) in [6, 6.07) is 6.24. The third-order valence-electron chi connectivity index (χ3n) is 8.79. The summed E-state index contributed by atoms with van der Waals surface area (Å²) in [4.78, 5) is 43.5. The molecule has 5 heterocycles. The summed E-state index contributed by atoms with van der Waals surface area (Å²) in [5.41, 5.74) is 3.29. The summed E-state index contributed by atoms with van der Waals surface area (Å²) in [5, 5.41) is 4.31. The molecular weight excluding hydrogens is 432 g/mol. The Balaban J connectivity index is 1.06. The smallest absolute Gasteiger partial charge is 0.255 e. The Hall–Kier alpha value is -2.49. The average molecular weight is 467 g/mol. The van der Waals surface area contributed by atoms with E-state index >= 15 is 0 Å². The Bertz CT molecular complexity index is 1000. The average Bonchev–Trinajstić information content (AvgIpc) is 3.14. The van der Waals surface area contributed by atoms with Gasteiger partial charge in [0.05, 0.1) is 0 Å². The van der Waals surface area contributed by atoms with Gasteiger partial charge in [0.15, 0.2) is 0 Å². The molecule has 0 aromatic heterocycles. The fourth-order valence-corrected chi connectivity index (χ4v) is 6.64. The minimum absolute atomic E-state index is 0.108. The van der Waals surface area contributed by atoms with Crippen LogP contribution in [0.15, 0.2) is 18.2 Å². The fraction of sp³-hybridized carbons (Fsp3) is 0.640. The van der Waals surface area contributed by atoms with Crippen LogP contribution in [0.5, 0.6) is 0 Å². The molecule has 34 heavy (non-hydrogen) atoms. The van der Waals surface area contributed by atoms with Gasteiger partial charge in [0.1, 0.15) is 6.04 Å². The molecular formula is C25H34N6O3. The number of hydrogen-bond acceptors (Lipinski definition) is 7. The van der Waals surface area contributed by atoms with Crippen LogP contribution < -0.4 is 16.1 Å². The van der Waals surface area contributed by atoms with Crippen molar-refractivity contribution in [2.24, 2.45) is 11.3 Å². The van der Waals surface area contributed by atoms with Crippen molar-refractivity contribution in [3.63, 3.8) is 0 Å². The summed E-state index contributed by atoms with van der Waals surface area (Å²) < 4.78 is 0. The van der Waals surface area contributed by atoms with E-state index in [9.17, 15) is 14.4 Å². The van der Waals surface area contributed by atoms with Crippen molar-refractivity contribution in [3.05, 3.63) is 29.3 Å². The number of rotatable bonds is 3. The summed E-state index contributed by atoms with van der Waals surface area (Å²) in [5.74, 6) is 5.19. The lowest BCUT2D eigenvalue weighted by molar-refractivity contribution is -0.136. The van der Waals surface area contributed by atoms with Crippen LogP contribution in [-0.4, -0.2) is 83.9 Å². The number of likely N-dealkylation sites (tertiary alicyclic amines) is 1. The number of benzene rings is 1. The summed E-state index contributed by atoms with van der Waals surface area (Å²) in [7, 11) is 0. The Morgan fingerprint density at radius 2 is 1.71 bits per heavy atom. The summed E-state index contributed by atoms with van der Waals surface area (Å²) >= 11 is 0. The highest BCUT2D eigenvalue weighted by atomic mass is 16.2. The Morgan fingerprint density at radius 3 is 2.41 bits per heavy atom. The largest absolute Gasteiger partial charge is 0.371 e. The molecule has 1 aromatic carbocycles. The first-order chi connectivity index (χ1) is 16.4. The Morgan fingerprint density at radius 1 is 0.971 bits per heavy atom. The van der Waals surface area contributed by atoms with E-state index in [1.807, 2.05) is 11.1 Å². The molecule has 4 fully saturated rings. The number of amides is 3. The van der Waals surface area contributed by atoms with E-state index in [1.54, 1.807) is 4.90 Å². The van der Waals surface area contributed by atoms with Gasteiger partial charge in [-0.25, -0.2) is 5.01 Å². The molecule has 1 spiro atoms. The second-order valence-electron chi connectivity index (χ2n) is 10.9. The van der Waals surface area contributed by atoms with Crippen molar-refractivity contribution in [1.29, 1.82) is 0 Å². The van der Waals surface area contributed by atoms with Gasteiger partial charge in [-0.2, -0.15) is 0 Å². The predicted molar refractivity (Wildman–Crippen MR) is 127 cm³/mol. The van der Waals surface area contributed by atoms with Crippen molar-refractivity contribution in [1.82, 2.24) is 20.1 Å². The van der Waals surface area contributed by atoms with E-state index in [4.69, 9.17) is 5.84 Å². The van der Waals surface area contributed by atoms with Crippen molar-refractivity contribution in [2.75, 3.05) is 44.2 Å². The molecule has 1 aromatic rings. The van der Waals surface area contributed by atoms with Crippen molar-refractivity contribution in [3.8, 4) is 0 Å². The second-order valence-corrected chi connectivity index (χ2v) is 10.9. The first kappa shape index (κ1) is 22.0. The maximum Gasteiger partial charge on any atom is 0.255 e. The Labute approximate surface area is 200 Å². The van der Waals surface area contributed by atoms with E-state index in [1.165, 1.54) is 38.8 Å². The van der Waals surface area contributed by atoms with Crippen LogP contribution in [0.1, 0.15) is 54.4 Å². The van der Waals surface area contributed by atoms with Crippen molar-refractivity contribution >= 4 is 23.4 Å². The molecule has 6 rings (SSSR count). The van der Waals surface area contributed by atoms with Gasteiger partial charge in [-0.15, -0.1) is 0 Å². The molecule has 9 heteroatoms. The highest BCUT2D eigenvalue weighted by molar-refractivity contribution is 6.05. The van der Waals surface area contributed by atoms with E-state index in [2.05, 4.69) is 27.2 Å². The van der Waals surface area contributed by atoms with Gasteiger partial charge in [0.25, 0.3) is 5.91 Å². The first-order valence-electron chi connectivity index (χ1n) is 12.7. The highest BCUT2D eigenvalue weighted by Crippen LogP contribution is 2.43. The van der Waals surface area contributed by atoms with Crippen molar-refractivity contribution < 1.29 is 14.4 Å². The molecule has 0 saturated carbocycles. The summed E-state index contributed by atoms with van der Waals surface area (Å²) in [6.45, 7) is 6.96. The van der Waals surface area contributed by atoms with Gasteiger partial charge in [-0.1, -0.05) is 0 Å². The predicted octanol–water partition coefficient (Wildman–Crippen LogP) is 0.688. The molecule has 1 unspecified atom stereocenters. The van der Waals surface area contributed by atoms with Crippen LogP contribution in [0, 0.1) is 5.41 Å². The number of anilines is 1. The van der Waals surface area contributed by atoms with Gasteiger partial charge in [0.2, 0.25) is 11.8 Å². The quantitative estimate of drug-likeness (QED) is 0.499. The van der Waals surface area contributed by atoms with Crippen LogP contribution in [0.2, 0.25) is 0 Å². The molecule has 5 aliphatic rings. The molecule has 0 radical (unpaired) electrons. The number of hydrogen-bond donors (Lipinski definition) is 2. The fourth-order valence-electron chi connectivity index (χ4n) is 6.64. The monoisotopic (exact) mass is 466 g/mol. The Kier molecular flexibility index (Phi) is 5.38. The standard InChI is InChI=1S/C25H34N6O3/c26-30-9-5-18(6-10-30)29-15-25(16-29)7-11-28(12-8-25)19-1-2-20-17(13-19)14-31(24(20)34)21-3-4-22(32)27-23(21)33/h1-2,13,18,21H,3-12,14-16,26H2,(H,27,32,33). The third kappa shape index (κ3) is 3.79. The van der Waals surface area contributed by atoms with Crippen LogP contribution in [-0.2, 0) is 16.1 Å². The maximum absolute atomic E-state index is 13.0. The number of carbonyl (C=O) groups is 3. The lowest BCUT2D eigenvalue weighted by Gasteiger charge is -2.57. The zero-order chi connectivity index (χ0) is 23.4. The third-order valence-corrected chi connectivity index (χ3v) is 8.79. The number of nitrogens with one attached hydrogen (secondary N) is 1. The number of imide groups is 1. The van der Waals surface area contributed by atoms with Gasteiger partial charge in [0, 0.05) is 69.5 Å². The minimum atomic E-state index is -0.561. The molecule has 3 amide bonds. The van der Waals surface area contributed by atoms with Gasteiger partial charge >= 0.3 is 0 Å². The highest BCUT2D eigenvalue weighted by Gasteiger charge is 2.47. The van der Waals surface area contributed by atoms with E-state index in [0.29, 0.717) is 30.0 Å². The molecule has 0 bridgehead atoms. The van der Waals surface area contributed by atoms with Crippen molar-refractivity contribution in [2.45, 2.75) is 57.2 Å². The maximum atomic E-state index is 13.0. The molecule has 1 atom stereocenters. The molecule has 5 aliphatic heterocycles. The van der Waals surface area contributed by atoms with Gasteiger partial charge in [-0.3, -0.25) is 30.4 Å². The number of fused-ring (bicyclic) bond motifs is 1. The number of nitrogens with zero attached hydrogens (tertiary/aromatic N) is 4. The zero-order valence-electron chi connectivity index (χ0n) is 19.7. The molecule has 182 valence electrons. The number of piperidine rings is 3. The lowest BCUT2D eigenvalue weighted by Crippen LogP contribution is -2.64. The number of carbonyl (C=O) groups excluding carboxylic acids is 3. The van der Waals surface area contributed by atoms with E-state index in [-0.39, 0.29) is 24.1 Å². The van der Waals surface area contributed by atoms with Crippen LogP contribution >= 0.6 is 0 Å². The topological polar surface area (TPSA) is 102 Å².